The number of ether oxygens (including phenoxy) is 1. The smallest absolute Gasteiger partial charge is 0.407 e. The maximum atomic E-state index is 11.7. The Labute approximate surface area is 114 Å². The molecule has 2 rings (SSSR count). The van der Waals surface area contributed by atoms with Crippen molar-refractivity contribution in [3.8, 4) is 0 Å². The zero-order chi connectivity index (χ0) is 13.8. The second kappa shape index (κ2) is 5.98. The van der Waals surface area contributed by atoms with Crippen molar-refractivity contribution in [2.24, 2.45) is 0 Å². The van der Waals surface area contributed by atoms with E-state index in [9.17, 15) is 9.59 Å². The molecular formula is C11H15N3O4S. The number of hydrogen-bond donors (Lipinski definition) is 2. The third kappa shape index (κ3) is 3.02. The van der Waals surface area contributed by atoms with Crippen LogP contribution in [0, 0.1) is 0 Å². The maximum Gasteiger partial charge on any atom is 0.407 e. The maximum absolute atomic E-state index is 11.7. The molecule has 1 atom stereocenters. The van der Waals surface area contributed by atoms with Crippen LogP contribution in [0.2, 0.25) is 0 Å². The summed E-state index contributed by atoms with van der Waals surface area (Å²) in [6, 6.07) is -0.230. The molecule has 7 nitrogen and oxygen atoms in total. The Balaban J connectivity index is 2.08. The zero-order valence-corrected chi connectivity index (χ0v) is 11.3. The monoisotopic (exact) mass is 285 g/mol. The van der Waals surface area contributed by atoms with Gasteiger partial charge in [0.05, 0.1) is 6.04 Å². The number of nitrogens with zero attached hydrogens (tertiary/aromatic N) is 2. The molecule has 0 saturated carbocycles. The number of carboxylic acid groups (broad SMARTS) is 1. The van der Waals surface area contributed by atoms with Crippen LogP contribution < -0.4 is 5.32 Å². The van der Waals surface area contributed by atoms with E-state index in [1.54, 1.807) is 5.38 Å². The van der Waals surface area contributed by atoms with E-state index in [1.165, 1.54) is 23.3 Å². The lowest BCUT2D eigenvalue weighted by atomic mass is 10.2. The lowest BCUT2D eigenvalue weighted by Crippen LogP contribution is -2.29. The number of hydrogen-bond acceptors (Lipinski definition) is 5. The van der Waals surface area contributed by atoms with Crippen LogP contribution in [-0.4, -0.2) is 47.4 Å². The molecule has 104 valence electrons. The molecule has 2 N–H and O–H groups in total. The van der Waals surface area contributed by atoms with Gasteiger partial charge in [-0.05, 0) is 12.8 Å². The fourth-order valence-electron chi connectivity index (χ4n) is 2.03. The van der Waals surface area contributed by atoms with Crippen molar-refractivity contribution >= 4 is 23.3 Å². The van der Waals surface area contributed by atoms with Crippen molar-refractivity contribution in [2.45, 2.75) is 18.9 Å². The molecule has 2 heterocycles. The number of thiazole rings is 1. The van der Waals surface area contributed by atoms with Crippen molar-refractivity contribution in [3.63, 3.8) is 0 Å². The Kier molecular flexibility index (Phi) is 4.33. The van der Waals surface area contributed by atoms with E-state index in [2.05, 4.69) is 10.3 Å². The minimum absolute atomic E-state index is 0.121. The van der Waals surface area contributed by atoms with Gasteiger partial charge < -0.3 is 15.2 Å². The molecule has 1 aromatic rings. The molecule has 1 aromatic heterocycles. The summed E-state index contributed by atoms with van der Waals surface area (Å²) in [5.41, 5.74) is 0.300. The second-order valence-electron chi connectivity index (χ2n) is 4.14. The molecular weight excluding hydrogens is 270 g/mol. The molecule has 19 heavy (non-hydrogen) atoms. The van der Waals surface area contributed by atoms with Gasteiger partial charge >= 0.3 is 6.09 Å². The number of likely N-dealkylation sites (tertiary alicyclic amines) is 1. The van der Waals surface area contributed by atoms with Gasteiger partial charge in [-0.1, -0.05) is 0 Å². The fraction of sp³-hybridized carbons (Fsp3) is 0.545. The van der Waals surface area contributed by atoms with Crippen LogP contribution in [0.15, 0.2) is 5.38 Å². The quantitative estimate of drug-likeness (QED) is 0.813. The fourth-order valence-corrected chi connectivity index (χ4v) is 2.97. The van der Waals surface area contributed by atoms with Crippen molar-refractivity contribution < 1.29 is 19.4 Å². The number of aromatic nitrogens is 1. The first-order chi connectivity index (χ1) is 9.13. The summed E-state index contributed by atoms with van der Waals surface area (Å²) in [5.74, 6) is -0.316. The standard InChI is InChI=1S/C11H15N3O4S/c1-18-6-12-9(15)7-5-19-10(13-7)8-3-2-4-14(8)11(16)17/h5,8H,2-4,6H2,1H3,(H,12,15)(H,16,17). The van der Waals surface area contributed by atoms with E-state index < -0.39 is 6.09 Å². The molecule has 1 saturated heterocycles. The number of carbonyl (C=O) groups excluding carboxylic acids is 1. The third-order valence-electron chi connectivity index (χ3n) is 2.92. The van der Waals surface area contributed by atoms with Crippen LogP contribution >= 0.6 is 11.3 Å². The molecule has 0 spiro atoms. The van der Waals surface area contributed by atoms with Gasteiger partial charge in [0, 0.05) is 19.0 Å². The van der Waals surface area contributed by atoms with Crippen LogP contribution in [0.25, 0.3) is 0 Å². The highest BCUT2D eigenvalue weighted by Crippen LogP contribution is 2.33. The lowest BCUT2D eigenvalue weighted by molar-refractivity contribution is 0.0867. The van der Waals surface area contributed by atoms with Gasteiger partial charge in [-0.2, -0.15) is 0 Å². The molecule has 2 amide bonds. The van der Waals surface area contributed by atoms with Gasteiger partial charge in [0.25, 0.3) is 5.91 Å². The highest BCUT2D eigenvalue weighted by Gasteiger charge is 2.32. The predicted molar refractivity (Wildman–Crippen MR) is 68.2 cm³/mol. The molecule has 0 aromatic carbocycles. The van der Waals surface area contributed by atoms with Gasteiger partial charge in [0.15, 0.2) is 0 Å². The summed E-state index contributed by atoms with van der Waals surface area (Å²) in [6.45, 7) is 0.640. The topological polar surface area (TPSA) is 91.8 Å². The summed E-state index contributed by atoms with van der Waals surface area (Å²) in [5, 5.41) is 13.9. The molecule has 0 radical (unpaired) electrons. The number of rotatable bonds is 4. The summed E-state index contributed by atoms with van der Waals surface area (Å²) >= 11 is 1.31. The molecule has 8 heteroatoms. The van der Waals surface area contributed by atoms with E-state index in [0.29, 0.717) is 17.2 Å². The number of nitrogens with one attached hydrogen (secondary N) is 1. The van der Waals surface area contributed by atoms with E-state index in [0.717, 1.165) is 12.8 Å². The third-order valence-corrected chi connectivity index (χ3v) is 3.86. The summed E-state index contributed by atoms with van der Waals surface area (Å²) in [7, 11) is 1.48. The Hall–Kier alpha value is -1.67. The van der Waals surface area contributed by atoms with E-state index in [-0.39, 0.29) is 18.7 Å². The van der Waals surface area contributed by atoms with Gasteiger partial charge in [0.1, 0.15) is 17.4 Å². The van der Waals surface area contributed by atoms with Crippen LogP contribution in [0.1, 0.15) is 34.4 Å². The van der Waals surface area contributed by atoms with E-state index >= 15 is 0 Å². The van der Waals surface area contributed by atoms with Crippen LogP contribution in [0.5, 0.6) is 0 Å². The van der Waals surface area contributed by atoms with Gasteiger partial charge in [-0.25, -0.2) is 9.78 Å². The SMILES string of the molecule is COCNC(=O)c1csc(C2CCCN2C(=O)O)n1. The van der Waals surface area contributed by atoms with Gasteiger partial charge in [-0.3, -0.25) is 9.69 Å². The first kappa shape index (κ1) is 13.8. The summed E-state index contributed by atoms with van der Waals surface area (Å²) < 4.78 is 4.75. The largest absolute Gasteiger partial charge is 0.465 e. The van der Waals surface area contributed by atoms with Crippen molar-refractivity contribution in [3.05, 3.63) is 16.1 Å². The molecule has 1 aliphatic heterocycles. The van der Waals surface area contributed by atoms with Crippen LogP contribution in [0.3, 0.4) is 0 Å². The lowest BCUT2D eigenvalue weighted by Gasteiger charge is -2.18. The van der Waals surface area contributed by atoms with Crippen molar-refractivity contribution in [1.82, 2.24) is 15.2 Å². The van der Waals surface area contributed by atoms with Crippen molar-refractivity contribution in [1.29, 1.82) is 0 Å². The number of amides is 2. The number of methoxy groups -OCH3 is 1. The van der Waals surface area contributed by atoms with Gasteiger partial charge in [-0.15, -0.1) is 11.3 Å². The van der Waals surface area contributed by atoms with Crippen LogP contribution in [0.4, 0.5) is 4.79 Å². The summed E-state index contributed by atoms with van der Waals surface area (Å²) in [4.78, 5) is 28.3. The zero-order valence-electron chi connectivity index (χ0n) is 10.5. The molecule has 1 fully saturated rings. The van der Waals surface area contributed by atoms with Crippen LogP contribution in [-0.2, 0) is 4.74 Å². The minimum Gasteiger partial charge on any atom is -0.465 e. The van der Waals surface area contributed by atoms with Crippen molar-refractivity contribution in [2.75, 3.05) is 20.4 Å². The Bertz CT molecular complexity index is 476. The predicted octanol–water partition coefficient (Wildman–Crippen LogP) is 1.29. The van der Waals surface area contributed by atoms with E-state index in [4.69, 9.17) is 9.84 Å². The first-order valence-electron chi connectivity index (χ1n) is 5.85. The molecule has 1 unspecified atom stereocenters. The first-order valence-corrected chi connectivity index (χ1v) is 6.73. The second-order valence-corrected chi connectivity index (χ2v) is 5.03. The normalized spacial score (nSPS) is 18.6. The average Bonchev–Trinajstić information content (AvgIpc) is 3.02. The van der Waals surface area contributed by atoms with Gasteiger partial charge in [0.2, 0.25) is 0 Å². The minimum atomic E-state index is -0.942. The molecule has 1 aliphatic rings. The summed E-state index contributed by atoms with van der Waals surface area (Å²) in [6.07, 6.45) is 0.629. The van der Waals surface area contributed by atoms with E-state index in [1.807, 2.05) is 0 Å². The molecule has 0 aliphatic carbocycles. The highest BCUT2D eigenvalue weighted by molar-refractivity contribution is 7.09. The Morgan fingerprint density at radius 2 is 2.47 bits per heavy atom. The Morgan fingerprint density at radius 1 is 1.68 bits per heavy atom. The Morgan fingerprint density at radius 3 is 3.16 bits per heavy atom. The number of carbonyl (C=O) groups is 2. The average molecular weight is 285 g/mol. The molecule has 0 bridgehead atoms. The highest BCUT2D eigenvalue weighted by atomic mass is 32.1.